The van der Waals surface area contributed by atoms with E-state index in [2.05, 4.69) is 20.8 Å². The smallest absolute Gasteiger partial charge is 0.306 e. The minimum absolute atomic E-state index is 0.0621. The average Bonchev–Trinajstić information content (AvgIpc) is 3.21. The molecule has 0 bridgehead atoms. The van der Waals surface area contributed by atoms with Gasteiger partial charge in [0, 0.05) is 19.3 Å². The van der Waals surface area contributed by atoms with E-state index in [1.807, 2.05) is 0 Å². The van der Waals surface area contributed by atoms with Crippen molar-refractivity contribution in [3.63, 3.8) is 0 Å². The van der Waals surface area contributed by atoms with Gasteiger partial charge in [-0.25, -0.2) is 0 Å². The summed E-state index contributed by atoms with van der Waals surface area (Å²) in [6, 6.07) is 0. The fourth-order valence-corrected chi connectivity index (χ4v) is 7.74. The fourth-order valence-electron chi connectivity index (χ4n) is 7.74. The first-order chi connectivity index (χ1) is 28.0. The third-order valence-corrected chi connectivity index (χ3v) is 11.6. The van der Waals surface area contributed by atoms with Gasteiger partial charge in [0.05, 0.1) is 0 Å². The topological polar surface area (TPSA) is 78.9 Å². The van der Waals surface area contributed by atoms with Crippen LogP contribution in [-0.4, -0.2) is 37.2 Å². The zero-order chi connectivity index (χ0) is 41.5. The minimum Gasteiger partial charge on any atom is -0.462 e. The number of ether oxygens (including phenoxy) is 3. The van der Waals surface area contributed by atoms with E-state index in [4.69, 9.17) is 14.2 Å². The number of carbonyl (C=O) groups excluding carboxylic acids is 3. The minimum atomic E-state index is -0.758. The Balaban J connectivity index is 4.24. The van der Waals surface area contributed by atoms with Crippen LogP contribution < -0.4 is 0 Å². The molecule has 57 heavy (non-hydrogen) atoms. The Morgan fingerprint density at radius 1 is 0.281 bits per heavy atom. The molecule has 0 aromatic carbocycles. The molecule has 0 radical (unpaired) electrons. The van der Waals surface area contributed by atoms with Crippen molar-refractivity contribution in [2.24, 2.45) is 0 Å². The molecule has 0 aliphatic heterocycles. The normalized spacial score (nSPS) is 11.8. The van der Waals surface area contributed by atoms with Gasteiger partial charge in [0.1, 0.15) is 13.2 Å². The molecule has 0 unspecified atom stereocenters. The van der Waals surface area contributed by atoms with Crippen LogP contribution in [-0.2, 0) is 28.6 Å². The summed E-state index contributed by atoms with van der Waals surface area (Å²) in [5.41, 5.74) is 0. The quantitative estimate of drug-likeness (QED) is 0.0346. The van der Waals surface area contributed by atoms with Gasteiger partial charge in [-0.05, 0) is 19.3 Å². The second-order valence-corrected chi connectivity index (χ2v) is 17.5. The van der Waals surface area contributed by atoms with Crippen LogP contribution in [0.1, 0.15) is 290 Å². The molecule has 6 nitrogen and oxygen atoms in total. The van der Waals surface area contributed by atoms with Crippen molar-refractivity contribution < 1.29 is 28.6 Å². The molecule has 6 heteroatoms. The summed E-state index contributed by atoms with van der Waals surface area (Å²) in [7, 11) is 0. The van der Waals surface area contributed by atoms with Crippen molar-refractivity contribution in [1.29, 1.82) is 0 Å². The lowest BCUT2D eigenvalue weighted by atomic mass is 10.0. The van der Waals surface area contributed by atoms with E-state index in [1.165, 1.54) is 193 Å². The van der Waals surface area contributed by atoms with Crippen LogP contribution >= 0.6 is 0 Å². The highest BCUT2D eigenvalue weighted by Crippen LogP contribution is 2.17. The monoisotopic (exact) mass is 807 g/mol. The van der Waals surface area contributed by atoms with Crippen LogP contribution in [0.25, 0.3) is 0 Å². The average molecular weight is 807 g/mol. The molecule has 0 fully saturated rings. The summed E-state index contributed by atoms with van der Waals surface area (Å²) in [6.45, 7) is 6.66. The van der Waals surface area contributed by atoms with Gasteiger partial charge in [0.2, 0.25) is 0 Å². The van der Waals surface area contributed by atoms with Gasteiger partial charge in [-0.2, -0.15) is 0 Å². The van der Waals surface area contributed by atoms with E-state index < -0.39 is 6.10 Å². The maximum Gasteiger partial charge on any atom is 0.306 e. The largest absolute Gasteiger partial charge is 0.462 e. The molecular formula is C51H98O6. The summed E-state index contributed by atoms with van der Waals surface area (Å²) in [5.74, 6) is -0.845. The van der Waals surface area contributed by atoms with Crippen molar-refractivity contribution in [2.45, 2.75) is 297 Å². The summed E-state index contributed by atoms with van der Waals surface area (Å²) in [4.78, 5) is 37.8. The number of hydrogen-bond donors (Lipinski definition) is 0. The van der Waals surface area contributed by atoms with Gasteiger partial charge in [-0.3, -0.25) is 14.4 Å². The Hall–Kier alpha value is -1.59. The molecule has 0 rings (SSSR count). The van der Waals surface area contributed by atoms with Crippen molar-refractivity contribution in [2.75, 3.05) is 13.2 Å². The molecule has 0 aliphatic rings. The van der Waals surface area contributed by atoms with Crippen molar-refractivity contribution >= 4 is 17.9 Å². The molecule has 0 saturated carbocycles. The van der Waals surface area contributed by atoms with Crippen molar-refractivity contribution in [1.82, 2.24) is 0 Å². The molecule has 0 amide bonds. The van der Waals surface area contributed by atoms with Crippen LogP contribution in [0.15, 0.2) is 0 Å². The van der Waals surface area contributed by atoms with Crippen LogP contribution in [0.2, 0.25) is 0 Å². The lowest BCUT2D eigenvalue weighted by molar-refractivity contribution is -0.167. The second kappa shape index (κ2) is 47.1. The van der Waals surface area contributed by atoms with E-state index in [1.54, 1.807) is 0 Å². The fraction of sp³-hybridized carbons (Fsp3) is 0.941. The lowest BCUT2D eigenvalue weighted by Crippen LogP contribution is -2.30. The predicted molar refractivity (Wildman–Crippen MR) is 243 cm³/mol. The Bertz CT molecular complexity index is 844. The number of hydrogen-bond acceptors (Lipinski definition) is 6. The zero-order valence-corrected chi connectivity index (χ0v) is 38.6. The number of esters is 3. The number of unbranched alkanes of at least 4 members (excludes halogenated alkanes) is 36. The highest BCUT2D eigenvalue weighted by molar-refractivity contribution is 5.71. The van der Waals surface area contributed by atoms with Gasteiger partial charge >= 0.3 is 17.9 Å². The highest BCUT2D eigenvalue weighted by atomic mass is 16.6. The number of carbonyl (C=O) groups is 3. The standard InChI is InChI=1S/C51H98O6/c1-4-7-10-13-16-19-21-23-24-25-26-28-29-32-35-38-41-44-50(53)56-47-48(46-55-49(52)43-40-37-34-31-18-15-12-9-6-3)57-51(54)45-42-39-36-33-30-27-22-20-17-14-11-8-5-2/h48H,4-47H2,1-3H3/t48-/m1/s1. The summed E-state index contributed by atoms with van der Waals surface area (Å²) in [6.07, 6.45) is 49.4. The van der Waals surface area contributed by atoms with E-state index in [0.29, 0.717) is 19.3 Å². The van der Waals surface area contributed by atoms with E-state index in [9.17, 15) is 14.4 Å². The lowest BCUT2D eigenvalue weighted by Gasteiger charge is -2.18. The first kappa shape index (κ1) is 55.4. The molecule has 0 saturated heterocycles. The third-order valence-electron chi connectivity index (χ3n) is 11.6. The second-order valence-electron chi connectivity index (χ2n) is 17.5. The Morgan fingerprint density at radius 3 is 0.702 bits per heavy atom. The van der Waals surface area contributed by atoms with Crippen LogP contribution in [0.4, 0.5) is 0 Å². The Kier molecular flexibility index (Phi) is 45.8. The Labute approximate surface area is 355 Å². The third kappa shape index (κ3) is 45.3. The zero-order valence-electron chi connectivity index (χ0n) is 38.6. The van der Waals surface area contributed by atoms with Crippen molar-refractivity contribution in [3.8, 4) is 0 Å². The van der Waals surface area contributed by atoms with Gasteiger partial charge in [-0.1, -0.05) is 252 Å². The van der Waals surface area contributed by atoms with Gasteiger partial charge < -0.3 is 14.2 Å². The summed E-state index contributed by atoms with van der Waals surface area (Å²) >= 11 is 0. The van der Waals surface area contributed by atoms with E-state index >= 15 is 0 Å². The van der Waals surface area contributed by atoms with Crippen molar-refractivity contribution in [3.05, 3.63) is 0 Å². The van der Waals surface area contributed by atoms with Gasteiger partial charge in [0.25, 0.3) is 0 Å². The maximum atomic E-state index is 12.7. The molecule has 338 valence electrons. The molecule has 0 spiro atoms. The van der Waals surface area contributed by atoms with E-state index in [-0.39, 0.29) is 31.1 Å². The molecule has 0 aromatic rings. The van der Waals surface area contributed by atoms with Crippen LogP contribution in [0, 0.1) is 0 Å². The molecule has 0 heterocycles. The van der Waals surface area contributed by atoms with Gasteiger partial charge in [0.15, 0.2) is 6.10 Å². The Morgan fingerprint density at radius 2 is 0.474 bits per heavy atom. The molecule has 0 N–H and O–H groups in total. The predicted octanol–water partition coefficient (Wildman–Crippen LogP) is 16.4. The maximum absolute atomic E-state index is 12.7. The van der Waals surface area contributed by atoms with Crippen LogP contribution in [0.3, 0.4) is 0 Å². The molecular weight excluding hydrogens is 709 g/mol. The van der Waals surface area contributed by atoms with E-state index in [0.717, 1.165) is 57.8 Å². The van der Waals surface area contributed by atoms with Crippen LogP contribution in [0.5, 0.6) is 0 Å². The molecule has 0 aliphatic carbocycles. The van der Waals surface area contributed by atoms with Gasteiger partial charge in [-0.15, -0.1) is 0 Å². The molecule has 1 atom stereocenters. The first-order valence-electron chi connectivity index (χ1n) is 25.5. The highest BCUT2D eigenvalue weighted by Gasteiger charge is 2.19. The summed E-state index contributed by atoms with van der Waals surface area (Å²) < 4.78 is 16.8. The summed E-state index contributed by atoms with van der Waals surface area (Å²) in [5, 5.41) is 0. The number of rotatable bonds is 47. The SMILES string of the molecule is CCCCCCCCCCCCCCCCCCCC(=O)OC[C@@H](COC(=O)CCCCCCCCCCC)OC(=O)CCCCCCCCCCCCCCC. The first-order valence-corrected chi connectivity index (χ1v) is 25.5. The molecule has 0 aromatic heterocycles.